The molecule has 0 atom stereocenters. The lowest BCUT2D eigenvalue weighted by atomic mass is 10.3. The fourth-order valence-electron chi connectivity index (χ4n) is 1.04. The van der Waals surface area contributed by atoms with Gasteiger partial charge in [0.1, 0.15) is 5.82 Å². The molecule has 0 saturated carbocycles. The SMILES string of the molecule is C#CCNCC(=O)Nc1cc(C)ccn1. The van der Waals surface area contributed by atoms with Crippen molar-refractivity contribution < 1.29 is 4.79 Å². The third kappa shape index (κ3) is 4.25. The van der Waals surface area contributed by atoms with E-state index in [1.165, 1.54) is 0 Å². The van der Waals surface area contributed by atoms with Crippen molar-refractivity contribution >= 4 is 11.7 Å². The number of amides is 1. The highest BCUT2D eigenvalue weighted by Gasteiger charge is 2.01. The third-order valence-electron chi connectivity index (χ3n) is 1.70. The summed E-state index contributed by atoms with van der Waals surface area (Å²) in [5.41, 5.74) is 1.05. The second-order valence-corrected chi connectivity index (χ2v) is 3.07. The van der Waals surface area contributed by atoms with Crippen LogP contribution in [0.15, 0.2) is 18.3 Å². The molecule has 1 aromatic heterocycles. The molecule has 1 rings (SSSR count). The predicted octanol–water partition coefficient (Wildman–Crippen LogP) is 0.551. The van der Waals surface area contributed by atoms with Gasteiger partial charge < -0.3 is 5.32 Å². The van der Waals surface area contributed by atoms with Crippen molar-refractivity contribution in [1.29, 1.82) is 0 Å². The zero-order chi connectivity index (χ0) is 11.1. The number of terminal acetylenes is 1. The van der Waals surface area contributed by atoms with Gasteiger partial charge in [-0.2, -0.15) is 0 Å². The molecule has 1 amide bonds. The van der Waals surface area contributed by atoms with Crippen LogP contribution < -0.4 is 10.6 Å². The molecule has 4 nitrogen and oxygen atoms in total. The topological polar surface area (TPSA) is 54.0 Å². The smallest absolute Gasteiger partial charge is 0.239 e. The second kappa shape index (κ2) is 5.78. The average Bonchev–Trinajstić information content (AvgIpc) is 2.18. The highest BCUT2D eigenvalue weighted by Crippen LogP contribution is 2.04. The van der Waals surface area contributed by atoms with Crippen molar-refractivity contribution in [3.8, 4) is 12.3 Å². The van der Waals surface area contributed by atoms with Crippen LogP contribution in [0.25, 0.3) is 0 Å². The average molecular weight is 203 g/mol. The van der Waals surface area contributed by atoms with E-state index in [2.05, 4.69) is 21.5 Å². The molecule has 0 aliphatic heterocycles. The quantitative estimate of drug-likeness (QED) is 0.555. The summed E-state index contributed by atoms with van der Waals surface area (Å²) in [6.07, 6.45) is 6.68. The molecule has 0 radical (unpaired) electrons. The molecule has 78 valence electrons. The standard InChI is InChI=1S/C11H13N3O/c1-3-5-12-8-11(15)14-10-7-9(2)4-6-13-10/h1,4,6-7,12H,5,8H2,2H3,(H,13,14,15). The van der Waals surface area contributed by atoms with Crippen molar-refractivity contribution in [2.24, 2.45) is 0 Å². The maximum atomic E-state index is 11.3. The molecular formula is C11H13N3O. The number of rotatable bonds is 4. The Morgan fingerprint density at radius 3 is 3.13 bits per heavy atom. The number of hydrogen-bond acceptors (Lipinski definition) is 3. The molecular weight excluding hydrogens is 190 g/mol. The van der Waals surface area contributed by atoms with Gasteiger partial charge in [-0.3, -0.25) is 10.1 Å². The third-order valence-corrected chi connectivity index (χ3v) is 1.70. The first-order valence-electron chi connectivity index (χ1n) is 4.59. The lowest BCUT2D eigenvalue weighted by molar-refractivity contribution is -0.115. The monoisotopic (exact) mass is 203 g/mol. The largest absolute Gasteiger partial charge is 0.310 e. The van der Waals surface area contributed by atoms with Crippen LogP contribution in [0.1, 0.15) is 5.56 Å². The summed E-state index contributed by atoms with van der Waals surface area (Å²) in [6.45, 7) is 2.52. The Labute approximate surface area is 89.1 Å². The van der Waals surface area contributed by atoms with E-state index >= 15 is 0 Å². The molecule has 0 fully saturated rings. The van der Waals surface area contributed by atoms with Crippen LogP contribution in [-0.2, 0) is 4.79 Å². The van der Waals surface area contributed by atoms with Gasteiger partial charge in [-0.1, -0.05) is 5.92 Å². The molecule has 1 aromatic rings. The van der Waals surface area contributed by atoms with E-state index in [9.17, 15) is 4.79 Å². The summed E-state index contributed by atoms with van der Waals surface area (Å²) in [6, 6.07) is 3.67. The number of aromatic nitrogens is 1. The van der Waals surface area contributed by atoms with E-state index in [0.29, 0.717) is 12.4 Å². The Morgan fingerprint density at radius 2 is 2.47 bits per heavy atom. The number of aryl methyl sites for hydroxylation is 1. The molecule has 4 heteroatoms. The van der Waals surface area contributed by atoms with Gasteiger partial charge in [-0.25, -0.2) is 4.98 Å². The Morgan fingerprint density at radius 1 is 1.67 bits per heavy atom. The van der Waals surface area contributed by atoms with Gasteiger partial charge in [0.15, 0.2) is 0 Å². The van der Waals surface area contributed by atoms with Gasteiger partial charge in [0.25, 0.3) is 0 Å². The number of hydrogen-bond donors (Lipinski definition) is 2. The first-order valence-corrected chi connectivity index (χ1v) is 4.59. The molecule has 0 saturated heterocycles. The first-order chi connectivity index (χ1) is 7.22. The maximum absolute atomic E-state index is 11.3. The van der Waals surface area contributed by atoms with Crippen molar-refractivity contribution in [3.63, 3.8) is 0 Å². The van der Waals surface area contributed by atoms with Crippen LogP contribution in [0, 0.1) is 19.3 Å². The van der Waals surface area contributed by atoms with Gasteiger partial charge >= 0.3 is 0 Å². The summed E-state index contributed by atoms with van der Waals surface area (Å²) < 4.78 is 0. The van der Waals surface area contributed by atoms with E-state index in [4.69, 9.17) is 6.42 Å². The number of nitrogens with zero attached hydrogens (tertiary/aromatic N) is 1. The van der Waals surface area contributed by atoms with Crippen LogP contribution in [0.2, 0.25) is 0 Å². The molecule has 0 aliphatic rings. The van der Waals surface area contributed by atoms with Gasteiger partial charge in [-0.05, 0) is 24.6 Å². The molecule has 0 spiro atoms. The molecule has 2 N–H and O–H groups in total. The van der Waals surface area contributed by atoms with Crippen molar-refractivity contribution in [1.82, 2.24) is 10.3 Å². The molecule has 0 aliphatic carbocycles. The fourth-order valence-corrected chi connectivity index (χ4v) is 1.04. The molecule has 1 heterocycles. The lowest BCUT2D eigenvalue weighted by Crippen LogP contribution is -2.28. The van der Waals surface area contributed by atoms with Gasteiger partial charge in [0.2, 0.25) is 5.91 Å². The van der Waals surface area contributed by atoms with Crippen LogP contribution in [0.4, 0.5) is 5.82 Å². The van der Waals surface area contributed by atoms with Crippen molar-refractivity contribution in [2.45, 2.75) is 6.92 Å². The molecule has 0 aromatic carbocycles. The number of pyridine rings is 1. The van der Waals surface area contributed by atoms with Crippen molar-refractivity contribution in [2.75, 3.05) is 18.4 Å². The fraction of sp³-hybridized carbons (Fsp3) is 0.273. The van der Waals surface area contributed by atoms with E-state index in [1.807, 2.05) is 13.0 Å². The summed E-state index contributed by atoms with van der Waals surface area (Å²) in [5.74, 6) is 2.80. The van der Waals surface area contributed by atoms with Crippen LogP contribution in [0.3, 0.4) is 0 Å². The minimum Gasteiger partial charge on any atom is -0.310 e. The lowest BCUT2D eigenvalue weighted by Gasteiger charge is -2.04. The van der Waals surface area contributed by atoms with Crippen LogP contribution in [-0.4, -0.2) is 24.0 Å². The minimum absolute atomic E-state index is 0.150. The maximum Gasteiger partial charge on any atom is 0.239 e. The summed E-state index contributed by atoms with van der Waals surface area (Å²) in [5, 5.41) is 5.45. The molecule has 0 unspecified atom stereocenters. The summed E-state index contributed by atoms with van der Waals surface area (Å²) in [7, 11) is 0. The normalized spacial score (nSPS) is 9.33. The Hall–Kier alpha value is -1.86. The highest BCUT2D eigenvalue weighted by atomic mass is 16.1. The Kier molecular flexibility index (Phi) is 4.32. The zero-order valence-corrected chi connectivity index (χ0v) is 8.58. The zero-order valence-electron chi connectivity index (χ0n) is 8.58. The number of anilines is 1. The number of carbonyl (C=O) groups excluding carboxylic acids is 1. The second-order valence-electron chi connectivity index (χ2n) is 3.07. The molecule has 15 heavy (non-hydrogen) atoms. The van der Waals surface area contributed by atoms with Crippen LogP contribution >= 0.6 is 0 Å². The Bertz CT molecular complexity index is 382. The summed E-state index contributed by atoms with van der Waals surface area (Å²) in [4.78, 5) is 15.3. The van der Waals surface area contributed by atoms with Crippen LogP contribution in [0.5, 0.6) is 0 Å². The number of carbonyl (C=O) groups is 1. The minimum atomic E-state index is -0.150. The van der Waals surface area contributed by atoms with Gasteiger partial charge in [0.05, 0.1) is 13.1 Å². The highest BCUT2D eigenvalue weighted by molar-refractivity contribution is 5.91. The molecule has 0 bridgehead atoms. The Balaban J connectivity index is 2.42. The van der Waals surface area contributed by atoms with E-state index in [1.54, 1.807) is 12.3 Å². The predicted molar refractivity (Wildman–Crippen MR) is 59.3 cm³/mol. The van der Waals surface area contributed by atoms with E-state index < -0.39 is 0 Å². The van der Waals surface area contributed by atoms with Gasteiger partial charge in [-0.15, -0.1) is 6.42 Å². The number of nitrogens with one attached hydrogen (secondary N) is 2. The summed E-state index contributed by atoms with van der Waals surface area (Å²) >= 11 is 0. The first kappa shape index (κ1) is 11.2. The van der Waals surface area contributed by atoms with Crippen molar-refractivity contribution in [3.05, 3.63) is 23.9 Å². The van der Waals surface area contributed by atoms with E-state index in [-0.39, 0.29) is 12.5 Å². The van der Waals surface area contributed by atoms with Gasteiger partial charge in [0, 0.05) is 6.20 Å². The van der Waals surface area contributed by atoms with E-state index in [0.717, 1.165) is 5.56 Å².